The first-order valence-electron chi connectivity index (χ1n) is 6.21. The fourth-order valence-corrected chi connectivity index (χ4v) is 3.01. The number of nitrogens with zero attached hydrogens (tertiary/aromatic N) is 3. The minimum absolute atomic E-state index is 0.0145. The van der Waals surface area contributed by atoms with E-state index >= 15 is 0 Å². The van der Waals surface area contributed by atoms with Gasteiger partial charge < -0.3 is 4.90 Å². The third kappa shape index (κ3) is 4.34. The normalized spacial score (nSPS) is 12.7. The lowest BCUT2D eigenvalue weighted by atomic mass is 10.2. The van der Waals surface area contributed by atoms with E-state index in [1.807, 2.05) is 17.9 Å². The van der Waals surface area contributed by atoms with Gasteiger partial charge in [0.25, 0.3) is 0 Å². The second kappa shape index (κ2) is 7.04. The molecule has 0 fully saturated rings. The highest BCUT2D eigenvalue weighted by Gasteiger charge is 2.17. The molecule has 0 aliphatic rings. The molecule has 0 aliphatic heterocycles. The van der Waals surface area contributed by atoms with Crippen molar-refractivity contribution in [2.45, 2.75) is 24.3 Å². The summed E-state index contributed by atoms with van der Waals surface area (Å²) in [5.41, 5.74) is 0.331. The summed E-state index contributed by atoms with van der Waals surface area (Å²) in [5, 5.41) is 17.4. The zero-order valence-corrected chi connectivity index (χ0v) is 12.4. The summed E-state index contributed by atoms with van der Waals surface area (Å²) in [7, 11) is -1.62. The highest BCUT2D eigenvalue weighted by atomic mass is 32.2. The Morgan fingerprint density at radius 2 is 2.05 bits per heavy atom. The summed E-state index contributed by atoms with van der Waals surface area (Å²) in [6, 6.07) is 10.0. The first-order valence-corrected chi connectivity index (χ1v) is 7.86. The van der Waals surface area contributed by atoms with E-state index < -0.39 is 9.84 Å². The Labute approximate surface area is 120 Å². The van der Waals surface area contributed by atoms with Crippen LogP contribution in [-0.2, 0) is 9.84 Å². The average molecular weight is 291 g/mol. The summed E-state index contributed by atoms with van der Waals surface area (Å²) < 4.78 is 24.4. The first kappa shape index (κ1) is 16.2. The molecule has 5 nitrogen and oxygen atoms in total. The van der Waals surface area contributed by atoms with Crippen LogP contribution in [0, 0.1) is 22.7 Å². The van der Waals surface area contributed by atoms with Crippen molar-refractivity contribution >= 4 is 9.84 Å². The zero-order chi connectivity index (χ0) is 15.2. The van der Waals surface area contributed by atoms with Gasteiger partial charge >= 0.3 is 0 Å². The maximum atomic E-state index is 12.2. The van der Waals surface area contributed by atoms with Gasteiger partial charge in [-0.05, 0) is 32.2 Å². The molecule has 0 aromatic heterocycles. The predicted octanol–water partition coefficient (Wildman–Crippen LogP) is 1.57. The predicted molar refractivity (Wildman–Crippen MR) is 75.5 cm³/mol. The summed E-state index contributed by atoms with van der Waals surface area (Å²) in [6.07, 6.45) is 0.362. The quantitative estimate of drug-likeness (QED) is 0.794. The lowest BCUT2D eigenvalue weighted by molar-refractivity contribution is 0.275. The summed E-state index contributed by atoms with van der Waals surface area (Å²) >= 11 is 0. The number of benzene rings is 1. The number of hydrogen-bond acceptors (Lipinski definition) is 5. The van der Waals surface area contributed by atoms with E-state index in [0.717, 1.165) is 0 Å². The van der Waals surface area contributed by atoms with Gasteiger partial charge in [0, 0.05) is 12.6 Å². The van der Waals surface area contributed by atoms with Crippen LogP contribution < -0.4 is 0 Å². The second-order valence-electron chi connectivity index (χ2n) is 4.65. The van der Waals surface area contributed by atoms with Gasteiger partial charge in [0.1, 0.15) is 0 Å². The fraction of sp³-hybridized carbons (Fsp3) is 0.429. The van der Waals surface area contributed by atoms with Crippen LogP contribution in [0.2, 0.25) is 0 Å². The molecule has 6 heteroatoms. The molecule has 1 unspecified atom stereocenters. The lowest BCUT2D eigenvalue weighted by Crippen LogP contribution is -2.33. The number of hydrogen-bond donors (Lipinski definition) is 0. The van der Waals surface area contributed by atoms with Gasteiger partial charge in [0.05, 0.1) is 34.8 Å². The van der Waals surface area contributed by atoms with Gasteiger partial charge in [-0.3, -0.25) is 0 Å². The smallest absolute Gasteiger partial charge is 0.179 e. The SMILES string of the molecule is CC(CC#N)N(C)CCS(=O)(=O)c1cccc(C#N)c1. The molecule has 20 heavy (non-hydrogen) atoms. The average Bonchev–Trinajstić information content (AvgIpc) is 2.45. The van der Waals surface area contributed by atoms with Crippen LogP contribution in [0.4, 0.5) is 0 Å². The highest BCUT2D eigenvalue weighted by molar-refractivity contribution is 7.91. The third-order valence-corrected chi connectivity index (χ3v) is 4.87. The van der Waals surface area contributed by atoms with Crippen molar-refractivity contribution in [3.8, 4) is 12.1 Å². The maximum absolute atomic E-state index is 12.2. The molecule has 0 N–H and O–H groups in total. The van der Waals surface area contributed by atoms with E-state index in [0.29, 0.717) is 18.5 Å². The van der Waals surface area contributed by atoms with Crippen LogP contribution in [0.5, 0.6) is 0 Å². The molecule has 0 amide bonds. The minimum atomic E-state index is -3.41. The van der Waals surface area contributed by atoms with E-state index in [1.54, 1.807) is 19.2 Å². The molecule has 0 bridgehead atoms. The van der Waals surface area contributed by atoms with Crippen molar-refractivity contribution < 1.29 is 8.42 Å². The number of sulfone groups is 1. The van der Waals surface area contributed by atoms with Crippen LogP contribution in [0.1, 0.15) is 18.9 Å². The molecule has 1 aromatic rings. The zero-order valence-electron chi connectivity index (χ0n) is 11.6. The molecule has 0 aliphatic carbocycles. The van der Waals surface area contributed by atoms with Gasteiger partial charge in [-0.2, -0.15) is 10.5 Å². The topological polar surface area (TPSA) is 85.0 Å². The van der Waals surface area contributed by atoms with E-state index in [2.05, 4.69) is 6.07 Å². The van der Waals surface area contributed by atoms with E-state index in [9.17, 15) is 8.42 Å². The van der Waals surface area contributed by atoms with Gasteiger partial charge in [-0.1, -0.05) is 6.07 Å². The van der Waals surface area contributed by atoms with Crippen LogP contribution in [0.15, 0.2) is 29.2 Å². The first-order chi connectivity index (χ1) is 9.40. The summed E-state index contributed by atoms with van der Waals surface area (Å²) in [5.74, 6) is -0.0336. The molecular formula is C14H17N3O2S. The van der Waals surface area contributed by atoms with Crippen molar-refractivity contribution in [3.05, 3.63) is 29.8 Å². The Bertz CT molecular complexity index is 641. The number of rotatable bonds is 6. The van der Waals surface area contributed by atoms with Crippen molar-refractivity contribution in [3.63, 3.8) is 0 Å². The molecule has 1 aromatic carbocycles. The molecule has 0 saturated carbocycles. The van der Waals surface area contributed by atoms with Crippen molar-refractivity contribution in [2.24, 2.45) is 0 Å². The molecule has 0 heterocycles. The summed E-state index contributed by atoms with van der Waals surface area (Å²) in [6.45, 7) is 2.23. The Hall–Kier alpha value is -1.89. The molecule has 0 saturated heterocycles. The fourth-order valence-electron chi connectivity index (χ4n) is 1.65. The number of nitriles is 2. The van der Waals surface area contributed by atoms with E-state index in [4.69, 9.17) is 10.5 Å². The van der Waals surface area contributed by atoms with Crippen LogP contribution >= 0.6 is 0 Å². The second-order valence-corrected chi connectivity index (χ2v) is 6.76. The Morgan fingerprint density at radius 3 is 2.65 bits per heavy atom. The Balaban J connectivity index is 2.76. The maximum Gasteiger partial charge on any atom is 0.179 e. The van der Waals surface area contributed by atoms with Gasteiger partial charge in [0.15, 0.2) is 9.84 Å². The highest BCUT2D eigenvalue weighted by Crippen LogP contribution is 2.13. The molecule has 0 spiro atoms. The van der Waals surface area contributed by atoms with Crippen LogP contribution in [0.25, 0.3) is 0 Å². The minimum Gasteiger partial charge on any atom is -0.302 e. The Kier molecular flexibility index (Phi) is 5.69. The third-order valence-electron chi connectivity index (χ3n) is 3.17. The van der Waals surface area contributed by atoms with Gasteiger partial charge in [-0.15, -0.1) is 0 Å². The van der Waals surface area contributed by atoms with Crippen molar-refractivity contribution in [1.29, 1.82) is 10.5 Å². The molecule has 1 atom stereocenters. The van der Waals surface area contributed by atoms with Crippen LogP contribution in [0.3, 0.4) is 0 Å². The standard InChI is InChI=1S/C14H17N3O2S/c1-12(6-7-15)17(2)8-9-20(18,19)14-5-3-4-13(10-14)11-16/h3-5,10,12H,6,8-9H2,1-2H3. The molecule has 1 rings (SSSR count). The Morgan fingerprint density at radius 1 is 1.35 bits per heavy atom. The molecule has 106 valence electrons. The summed E-state index contributed by atoms with van der Waals surface area (Å²) in [4.78, 5) is 2.01. The van der Waals surface area contributed by atoms with Crippen LogP contribution in [-0.4, -0.2) is 38.7 Å². The van der Waals surface area contributed by atoms with Crippen molar-refractivity contribution in [1.82, 2.24) is 4.90 Å². The van der Waals surface area contributed by atoms with Crippen molar-refractivity contribution in [2.75, 3.05) is 19.3 Å². The lowest BCUT2D eigenvalue weighted by Gasteiger charge is -2.22. The molecule has 0 radical (unpaired) electrons. The largest absolute Gasteiger partial charge is 0.302 e. The molecular weight excluding hydrogens is 274 g/mol. The van der Waals surface area contributed by atoms with E-state index in [-0.39, 0.29) is 16.7 Å². The monoisotopic (exact) mass is 291 g/mol. The van der Waals surface area contributed by atoms with E-state index in [1.165, 1.54) is 12.1 Å². The van der Waals surface area contributed by atoms with Gasteiger partial charge in [-0.25, -0.2) is 8.42 Å². The van der Waals surface area contributed by atoms with Gasteiger partial charge in [0.2, 0.25) is 0 Å².